The van der Waals surface area contributed by atoms with Gasteiger partial charge in [-0.25, -0.2) is 0 Å². The summed E-state index contributed by atoms with van der Waals surface area (Å²) in [7, 11) is 0. The highest BCUT2D eigenvalue weighted by Crippen LogP contribution is 2.26. The van der Waals surface area contributed by atoms with Crippen molar-refractivity contribution < 1.29 is 5.21 Å². The van der Waals surface area contributed by atoms with Crippen molar-refractivity contribution in [2.24, 2.45) is 10.9 Å². The Bertz CT molecular complexity index is 621. The fourth-order valence-electron chi connectivity index (χ4n) is 2.07. The molecule has 5 heteroatoms. The van der Waals surface area contributed by atoms with Gasteiger partial charge < -0.3 is 10.9 Å². The van der Waals surface area contributed by atoms with Crippen molar-refractivity contribution in [2.45, 2.75) is 24.5 Å². The number of amidine groups is 1. The predicted octanol–water partition coefficient (Wildman–Crippen LogP) is 3.09. The molecule has 0 saturated carbocycles. The Morgan fingerprint density at radius 2 is 2.00 bits per heavy atom. The maximum atomic E-state index is 8.80. The number of rotatable bonds is 4. The standard InChI is InChI=1S/C15H17N3OS/c1-10-5-11(2)7-12(6-10)9-20-14-8-17-4-3-13(14)15(16)18-19/h3-8,19H,9H2,1-2H3,(H2,16,18). The van der Waals surface area contributed by atoms with E-state index in [9.17, 15) is 0 Å². The normalized spacial score (nSPS) is 11.6. The van der Waals surface area contributed by atoms with E-state index >= 15 is 0 Å². The number of nitrogens with zero attached hydrogens (tertiary/aromatic N) is 2. The lowest BCUT2D eigenvalue weighted by molar-refractivity contribution is 0.318. The van der Waals surface area contributed by atoms with E-state index in [1.54, 1.807) is 30.2 Å². The molecule has 2 aromatic rings. The molecule has 104 valence electrons. The van der Waals surface area contributed by atoms with Gasteiger partial charge in [-0.15, -0.1) is 11.8 Å². The zero-order valence-corrected chi connectivity index (χ0v) is 12.3. The van der Waals surface area contributed by atoms with Gasteiger partial charge in [0.2, 0.25) is 0 Å². The van der Waals surface area contributed by atoms with Crippen LogP contribution in [0.15, 0.2) is 46.7 Å². The smallest absolute Gasteiger partial charge is 0.171 e. The second-order valence-electron chi connectivity index (χ2n) is 4.64. The molecule has 3 N–H and O–H groups in total. The van der Waals surface area contributed by atoms with Crippen LogP contribution in [0.3, 0.4) is 0 Å². The van der Waals surface area contributed by atoms with Crippen molar-refractivity contribution in [3.8, 4) is 0 Å². The molecule has 0 aliphatic heterocycles. The van der Waals surface area contributed by atoms with E-state index in [0.717, 1.165) is 10.6 Å². The number of aryl methyl sites for hydroxylation is 2. The molecule has 0 amide bonds. The topological polar surface area (TPSA) is 71.5 Å². The maximum absolute atomic E-state index is 8.80. The Hall–Kier alpha value is -2.01. The molecule has 0 unspecified atom stereocenters. The van der Waals surface area contributed by atoms with Crippen molar-refractivity contribution in [1.82, 2.24) is 4.98 Å². The highest BCUT2D eigenvalue weighted by atomic mass is 32.2. The number of aromatic nitrogens is 1. The van der Waals surface area contributed by atoms with Crippen LogP contribution in [0.4, 0.5) is 0 Å². The average molecular weight is 287 g/mol. The summed E-state index contributed by atoms with van der Waals surface area (Å²) in [5.74, 6) is 0.926. The Morgan fingerprint density at radius 1 is 1.30 bits per heavy atom. The number of benzene rings is 1. The predicted molar refractivity (Wildman–Crippen MR) is 82.2 cm³/mol. The lowest BCUT2D eigenvalue weighted by Crippen LogP contribution is -2.14. The molecule has 0 fully saturated rings. The molecular formula is C15H17N3OS. The zero-order chi connectivity index (χ0) is 14.5. The monoisotopic (exact) mass is 287 g/mol. The van der Waals surface area contributed by atoms with Crippen LogP contribution in [0, 0.1) is 13.8 Å². The fourth-order valence-corrected chi connectivity index (χ4v) is 3.03. The highest BCUT2D eigenvalue weighted by molar-refractivity contribution is 7.98. The van der Waals surface area contributed by atoms with Gasteiger partial charge in [0.05, 0.1) is 0 Å². The van der Waals surface area contributed by atoms with Crippen LogP contribution in [0.25, 0.3) is 0 Å². The lowest BCUT2D eigenvalue weighted by Gasteiger charge is -2.08. The molecule has 1 aromatic carbocycles. The van der Waals surface area contributed by atoms with Crippen LogP contribution in [0.1, 0.15) is 22.3 Å². The van der Waals surface area contributed by atoms with Crippen molar-refractivity contribution in [1.29, 1.82) is 0 Å². The summed E-state index contributed by atoms with van der Waals surface area (Å²) in [5, 5.41) is 11.9. The molecule has 20 heavy (non-hydrogen) atoms. The molecule has 0 saturated heterocycles. The number of pyridine rings is 1. The van der Waals surface area contributed by atoms with Crippen LogP contribution in [0.2, 0.25) is 0 Å². The lowest BCUT2D eigenvalue weighted by atomic mass is 10.1. The summed E-state index contributed by atoms with van der Waals surface area (Å²) in [6.07, 6.45) is 3.37. The van der Waals surface area contributed by atoms with Crippen LogP contribution in [0.5, 0.6) is 0 Å². The first-order valence-corrected chi connectivity index (χ1v) is 7.20. The Balaban J connectivity index is 2.19. The van der Waals surface area contributed by atoms with Gasteiger partial charge in [-0.05, 0) is 25.5 Å². The van der Waals surface area contributed by atoms with Gasteiger partial charge in [-0.3, -0.25) is 4.98 Å². The van der Waals surface area contributed by atoms with E-state index in [1.807, 2.05) is 0 Å². The summed E-state index contributed by atoms with van der Waals surface area (Å²) in [4.78, 5) is 5.00. The largest absolute Gasteiger partial charge is 0.409 e. The van der Waals surface area contributed by atoms with Crippen molar-refractivity contribution in [3.05, 3.63) is 58.9 Å². The van der Waals surface area contributed by atoms with E-state index in [4.69, 9.17) is 10.9 Å². The van der Waals surface area contributed by atoms with Crippen LogP contribution < -0.4 is 5.73 Å². The Labute approximate surface area is 122 Å². The first-order chi connectivity index (χ1) is 9.60. The minimum absolute atomic E-state index is 0.107. The molecule has 1 aromatic heterocycles. The van der Waals surface area contributed by atoms with Crippen molar-refractivity contribution >= 4 is 17.6 Å². The van der Waals surface area contributed by atoms with Gasteiger partial charge in [0.1, 0.15) is 0 Å². The van der Waals surface area contributed by atoms with Gasteiger partial charge in [-0.2, -0.15) is 0 Å². The summed E-state index contributed by atoms with van der Waals surface area (Å²) in [6.45, 7) is 4.18. The quantitative estimate of drug-likeness (QED) is 0.298. The third-order valence-corrected chi connectivity index (χ3v) is 3.96. The van der Waals surface area contributed by atoms with E-state index in [1.165, 1.54) is 16.7 Å². The molecule has 0 aliphatic rings. The van der Waals surface area contributed by atoms with Gasteiger partial charge in [0.15, 0.2) is 5.84 Å². The fraction of sp³-hybridized carbons (Fsp3) is 0.200. The maximum Gasteiger partial charge on any atom is 0.171 e. The van der Waals surface area contributed by atoms with E-state index < -0.39 is 0 Å². The van der Waals surface area contributed by atoms with E-state index in [-0.39, 0.29) is 5.84 Å². The molecule has 0 bridgehead atoms. The third kappa shape index (κ3) is 3.51. The number of hydrogen-bond donors (Lipinski definition) is 2. The Kier molecular flexibility index (Phi) is 4.63. The summed E-state index contributed by atoms with van der Waals surface area (Å²) < 4.78 is 0. The van der Waals surface area contributed by atoms with Crippen molar-refractivity contribution in [2.75, 3.05) is 0 Å². The number of oxime groups is 1. The van der Waals surface area contributed by atoms with Gasteiger partial charge in [0.25, 0.3) is 0 Å². The van der Waals surface area contributed by atoms with Gasteiger partial charge in [-0.1, -0.05) is 34.5 Å². The minimum Gasteiger partial charge on any atom is -0.409 e. The first-order valence-electron chi connectivity index (χ1n) is 6.22. The zero-order valence-electron chi connectivity index (χ0n) is 11.5. The van der Waals surface area contributed by atoms with Crippen LogP contribution in [-0.4, -0.2) is 16.0 Å². The average Bonchev–Trinajstić information content (AvgIpc) is 2.43. The van der Waals surface area contributed by atoms with Gasteiger partial charge in [0, 0.05) is 28.6 Å². The molecule has 0 radical (unpaired) electrons. The van der Waals surface area contributed by atoms with Crippen molar-refractivity contribution in [3.63, 3.8) is 0 Å². The first kappa shape index (κ1) is 14.4. The van der Waals surface area contributed by atoms with Crippen LogP contribution in [-0.2, 0) is 5.75 Å². The molecule has 1 heterocycles. The van der Waals surface area contributed by atoms with E-state index in [2.05, 4.69) is 42.2 Å². The SMILES string of the molecule is Cc1cc(C)cc(CSc2cnccc2/C(N)=N/O)c1. The minimum atomic E-state index is 0.107. The second kappa shape index (κ2) is 6.43. The summed E-state index contributed by atoms with van der Waals surface area (Å²) in [5.41, 5.74) is 10.1. The van der Waals surface area contributed by atoms with E-state index in [0.29, 0.717) is 5.56 Å². The Morgan fingerprint density at radius 3 is 2.65 bits per heavy atom. The molecular weight excluding hydrogens is 270 g/mol. The number of nitrogens with two attached hydrogens (primary N) is 1. The number of thioether (sulfide) groups is 1. The molecule has 0 atom stereocenters. The highest BCUT2D eigenvalue weighted by Gasteiger charge is 2.08. The molecule has 0 aliphatic carbocycles. The number of hydrogen-bond acceptors (Lipinski definition) is 4. The molecule has 4 nitrogen and oxygen atoms in total. The van der Waals surface area contributed by atoms with Crippen LogP contribution >= 0.6 is 11.8 Å². The summed E-state index contributed by atoms with van der Waals surface area (Å²) >= 11 is 1.63. The summed E-state index contributed by atoms with van der Waals surface area (Å²) in [6, 6.07) is 8.23. The second-order valence-corrected chi connectivity index (χ2v) is 5.66. The third-order valence-electron chi connectivity index (χ3n) is 2.84. The van der Waals surface area contributed by atoms with Gasteiger partial charge >= 0.3 is 0 Å². The molecule has 0 spiro atoms. The molecule has 2 rings (SSSR count).